The fourth-order valence-corrected chi connectivity index (χ4v) is 2.40. The molecule has 0 aromatic carbocycles. The lowest BCUT2D eigenvalue weighted by Gasteiger charge is -2.49. The highest BCUT2D eigenvalue weighted by atomic mass is 16.5. The molecule has 0 aromatic heterocycles. The minimum atomic E-state index is 0.151. The van der Waals surface area contributed by atoms with Gasteiger partial charge in [0.15, 0.2) is 5.78 Å². The van der Waals surface area contributed by atoms with Crippen molar-refractivity contribution in [2.45, 2.75) is 24.8 Å². The fraction of sp³-hybridized carbons (Fsp3) is 0.917. The van der Waals surface area contributed by atoms with E-state index < -0.39 is 0 Å². The highest BCUT2D eigenvalue weighted by Crippen LogP contribution is 2.36. The van der Waals surface area contributed by atoms with E-state index in [4.69, 9.17) is 4.74 Å². The van der Waals surface area contributed by atoms with Gasteiger partial charge in [-0.2, -0.15) is 0 Å². The van der Waals surface area contributed by atoms with E-state index in [-0.39, 0.29) is 12.4 Å². The van der Waals surface area contributed by atoms with Crippen LogP contribution in [0.2, 0.25) is 0 Å². The third kappa shape index (κ3) is 3.27. The maximum Gasteiger partial charge on any atom is 0.172 e. The van der Waals surface area contributed by atoms with E-state index in [9.17, 15) is 4.79 Å². The van der Waals surface area contributed by atoms with E-state index in [0.717, 1.165) is 6.54 Å². The highest BCUT2D eigenvalue weighted by molar-refractivity contribution is 5.81. The van der Waals surface area contributed by atoms with Gasteiger partial charge in [0.25, 0.3) is 0 Å². The van der Waals surface area contributed by atoms with Gasteiger partial charge >= 0.3 is 0 Å². The Morgan fingerprint density at radius 3 is 2.31 bits per heavy atom. The first-order valence-electron chi connectivity index (χ1n) is 5.87. The van der Waals surface area contributed by atoms with Crippen LogP contribution in [0.5, 0.6) is 0 Å². The number of nitrogens with zero attached hydrogens (tertiary/aromatic N) is 2. The van der Waals surface area contributed by atoms with Gasteiger partial charge in [0, 0.05) is 19.2 Å². The van der Waals surface area contributed by atoms with Crippen LogP contribution in [0.1, 0.15) is 19.3 Å². The fourth-order valence-electron chi connectivity index (χ4n) is 2.40. The standard InChI is InChI=1S/C12H24N2O2/c1-13(2)12(6-5-7-12)10-14(3)8-11(15)9-16-4/h5-10H2,1-4H3. The largest absolute Gasteiger partial charge is 0.377 e. The third-order valence-corrected chi connectivity index (χ3v) is 3.55. The quantitative estimate of drug-likeness (QED) is 0.639. The summed E-state index contributed by atoms with van der Waals surface area (Å²) in [5.74, 6) is 0.151. The number of ether oxygens (including phenoxy) is 1. The lowest BCUT2D eigenvalue weighted by Crippen LogP contribution is -2.57. The van der Waals surface area contributed by atoms with Gasteiger partial charge in [-0.25, -0.2) is 0 Å². The van der Waals surface area contributed by atoms with Crippen molar-refractivity contribution in [1.29, 1.82) is 0 Å². The molecule has 94 valence electrons. The topological polar surface area (TPSA) is 32.8 Å². The lowest BCUT2D eigenvalue weighted by atomic mass is 9.75. The van der Waals surface area contributed by atoms with E-state index in [1.54, 1.807) is 7.11 Å². The first kappa shape index (κ1) is 13.6. The van der Waals surface area contributed by atoms with Crippen LogP contribution < -0.4 is 0 Å². The van der Waals surface area contributed by atoms with E-state index in [0.29, 0.717) is 12.1 Å². The molecule has 1 aliphatic carbocycles. The molecule has 4 heteroatoms. The van der Waals surface area contributed by atoms with Crippen LogP contribution in [0.3, 0.4) is 0 Å². The summed E-state index contributed by atoms with van der Waals surface area (Å²) in [6.45, 7) is 1.68. The summed E-state index contributed by atoms with van der Waals surface area (Å²) in [6.07, 6.45) is 3.78. The van der Waals surface area contributed by atoms with Gasteiger partial charge in [-0.3, -0.25) is 9.69 Å². The Morgan fingerprint density at radius 1 is 1.31 bits per heavy atom. The monoisotopic (exact) mass is 228 g/mol. The summed E-state index contributed by atoms with van der Waals surface area (Å²) in [7, 11) is 7.83. The van der Waals surface area contributed by atoms with Gasteiger partial charge in [-0.05, 0) is 40.4 Å². The Bertz CT molecular complexity index is 237. The van der Waals surface area contributed by atoms with Crippen LogP contribution in [0.15, 0.2) is 0 Å². The number of hydrogen-bond donors (Lipinski definition) is 0. The Kier molecular flexibility index (Phi) is 4.89. The van der Waals surface area contributed by atoms with Gasteiger partial charge < -0.3 is 9.64 Å². The maximum atomic E-state index is 11.4. The third-order valence-electron chi connectivity index (χ3n) is 3.55. The predicted octanol–water partition coefficient (Wildman–Crippen LogP) is 0.618. The summed E-state index contributed by atoms with van der Waals surface area (Å²) < 4.78 is 4.84. The first-order chi connectivity index (χ1) is 7.50. The Labute approximate surface area is 98.5 Å². The van der Waals surface area contributed by atoms with Crippen LogP contribution >= 0.6 is 0 Å². The molecule has 0 spiro atoms. The van der Waals surface area contributed by atoms with Crippen molar-refractivity contribution in [3.63, 3.8) is 0 Å². The molecule has 0 saturated heterocycles. The zero-order valence-corrected chi connectivity index (χ0v) is 11.0. The average Bonchev–Trinajstić information content (AvgIpc) is 2.10. The number of carbonyl (C=O) groups excluding carboxylic acids is 1. The Hall–Kier alpha value is -0.450. The van der Waals surface area contributed by atoms with Crippen LogP contribution in [-0.4, -0.2) is 69.1 Å². The normalized spacial score (nSPS) is 18.9. The van der Waals surface area contributed by atoms with E-state index >= 15 is 0 Å². The van der Waals surface area contributed by atoms with Gasteiger partial charge in [0.1, 0.15) is 6.61 Å². The molecule has 4 nitrogen and oxygen atoms in total. The van der Waals surface area contributed by atoms with Crippen molar-refractivity contribution in [1.82, 2.24) is 9.80 Å². The first-order valence-corrected chi connectivity index (χ1v) is 5.87. The molecular formula is C12H24N2O2. The second-order valence-electron chi connectivity index (χ2n) is 5.12. The van der Waals surface area contributed by atoms with E-state index in [1.807, 2.05) is 7.05 Å². The SMILES string of the molecule is COCC(=O)CN(C)CC1(N(C)C)CCC1. The van der Waals surface area contributed by atoms with Crippen molar-refractivity contribution in [3.8, 4) is 0 Å². The van der Waals surface area contributed by atoms with Crippen molar-refractivity contribution >= 4 is 5.78 Å². The number of rotatable bonds is 7. The summed E-state index contributed by atoms with van der Waals surface area (Å²) in [5, 5.41) is 0. The molecule has 0 unspecified atom stereocenters. The second kappa shape index (κ2) is 5.75. The summed E-state index contributed by atoms with van der Waals surface area (Å²) in [4.78, 5) is 15.8. The Balaban J connectivity index is 2.38. The molecule has 0 radical (unpaired) electrons. The highest BCUT2D eigenvalue weighted by Gasteiger charge is 2.39. The molecule has 1 rings (SSSR count). The minimum Gasteiger partial charge on any atom is -0.377 e. The van der Waals surface area contributed by atoms with Crippen molar-refractivity contribution in [2.75, 3.05) is 47.9 Å². The number of hydrogen-bond acceptors (Lipinski definition) is 4. The molecule has 1 fully saturated rings. The number of ketones is 1. The average molecular weight is 228 g/mol. The van der Waals surface area contributed by atoms with Crippen LogP contribution in [0.25, 0.3) is 0 Å². The minimum absolute atomic E-state index is 0.151. The molecule has 0 heterocycles. The number of likely N-dealkylation sites (N-methyl/N-ethyl adjacent to an activating group) is 2. The smallest absolute Gasteiger partial charge is 0.172 e. The zero-order valence-electron chi connectivity index (χ0n) is 11.0. The van der Waals surface area contributed by atoms with Crippen molar-refractivity contribution < 1.29 is 9.53 Å². The molecule has 0 atom stereocenters. The second-order valence-corrected chi connectivity index (χ2v) is 5.12. The van der Waals surface area contributed by atoms with Gasteiger partial charge in [0.2, 0.25) is 0 Å². The molecule has 0 amide bonds. The van der Waals surface area contributed by atoms with E-state index in [2.05, 4.69) is 23.9 Å². The summed E-state index contributed by atoms with van der Waals surface area (Å²) in [6, 6.07) is 0. The van der Waals surface area contributed by atoms with Crippen molar-refractivity contribution in [2.24, 2.45) is 0 Å². The number of methoxy groups -OCH3 is 1. The van der Waals surface area contributed by atoms with Gasteiger partial charge in [-0.1, -0.05) is 0 Å². The molecule has 0 aliphatic heterocycles. The zero-order chi connectivity index (χ0) is 12.2. The molecule has 0 bridgehead atoms. The van der Waals surface area contributed by atoms with Crippen molar-refractivity contribution in [3.05, 3.63) is 0 Å². The molecule has 1 saturated carbocycles. The molecular weight excluding hydrogens is 204 g/mol. The molecule has 16 heavy (non-hydrogen) atoms. The summed E-state index contributed by atoms with van der Waals surface area (Å²) >= 11 is 0. The number of carbonyl (C=O) groups is 1. The van der Waals surface area contributed by atoms with Gasteiger partial charge in [0.05, 0.1) is 6.54 Å². The van der Waals surface area contributed by atoms with E-state index in [1.165, 1.54) is 19.3 Å². The number of Topliss-reactive ketones (excluding diaryl/α,β-unsaturated/α-hetero) is 1. The van der Waals surface area contributed by atoms with Crippen LogP contribution in [0.4, 0.5) is 0 Å². The van der Waals surface area contributed by atoms with Gasteiger partial charge in [-0.15, -0.1) is 0 Å². The Morgan fingerprint density at radius 2 is 1.94 bits per heavy atom. The summed E-state index contributed by atoms with van der Waals surface area (Å²) in [5.41, 5.74) is 0.294. The van der Waals surface area contributed by atoms with Crippen LogP contribution in [-0.2, 0) is 9.53 Å². The molecule has 0 aromatic rings. The molecule has 0 N–H and O–H groups in total. The molecule has 1 aliphatic rings. The van der Waals surface area contributed by atoms with Crippen LogP contribution in [0, 0.1) is 0 Å². The predicted molar refractivity (Wildman–Crippen MR) is 64.6 cm³/mol. The maximum absolute atomic E-state index is 11.4. The lowest BCUT2D eigenvalue weighted by molar-refractivity contribution is -0.124.